The fourth-order valence-corrected chi connectivity index (χ4v) is 3.22. The standard InChI is InChI=1S/C7H11O3P/c8-11(9,10)7-4-5-1-2-6(7)3-5/h5H,1-4H2,(H2,8,9,10). The summed E-state index contributed by atoms with van der Waals surface area (Å²) in [7, 11) is -3.88. The van der Waals surface area contributed by atoms with Gasteiger partial charge in [0, 0.05) is 5.31 Å². The second-order valence-corrected chi connectivity index (χ2v) is 5.04. The Kier molecular flexibility index (Phi) is 1.50. The van der Waals surface area contributed by atoms with E-state index in [1.807, 2.05) is 0 Å². The van der Waals surface area contributed by atoms with Crippen molar-refractivity contribution < 1.29 is 14.4 Å². The second kappa shape index (κ2) is 2.19. The lowest BCUT2D eigenvalue weighted by atomic mass is 10.1. The van der Waals surface area contributed by atoms with Gasteiger partial charge in [-0.2, -0.15) is 0 Å². The quantitative estimate of drug-likeness (QED) is 0.594. The first-order chi connectivity index (χ1) is 5.07. The predicted molar refractivity (Wildman–Crippen MR) is 41.0 cm³/mol. The molecular formula is C7H11O3P. The van der Waals surface area contributed by atoms with E-state index in [1.54, 1.807) is 0 Å². The van der Waals surface area contributed by atoms with Crippen molar-refractivity contribution in [2.75, 3.05) is 0 Å². The van der Waals surface area contributed by atoms with E-state index in [9.17, 15) is 4.57 Å². The third-order valence-corrected chi connectivity index (χ3v) is 3.83. The predicted octanol–water partition coefficient (Wildman–Crippen LogP) is 1.62. The highest BCUT2D eigenvalue weighted by atomic mass is 31.2. The highest BCUT2D eigenvalue weighted by Crippen LogP contribution is 2.58. The molecule has 2 N–H and O–H groups in total. The van der Waals surface area contributed by atoms with Gasteiger partial charge in [0.1, 0.15) is 0 Å². The third-order valence-electron chi connectivity index (χ3n) is 2.63. The van der Waals surface area contributed by atoms with Crippen molar-refractivity contribution in [2.45, 2.75) is 25.7 Å². The third kappa shape index (κ3) is 1.18. The van der Waals surface area contributed by atoms with E-state index < -0.39 is 7.60 Å². The van der Waals surface area contributed by atoms with E-state index in [-0.39, 0.29) is 0 Å². The summed E-state index contributed by atoms with van der Waals surface area (Å²) in [6.07, 6.45) is 3.66. The zero-order chi connectivity index (χ0) is 8.06. The molecule has 1 fully saturated rings. The van der Waals surface area contributed by atoms with Crippen molar-refractivity contribution in [3.05, 3.63) is 10.9 Å². The second-order valence-electron chi connectivity index (χ2n) is 3.41. The van der Waals surface area contributed by atoms with Gasteiger partial charge in [-0.3, -0.25) is 4.57 Å². The van der Waals surface area contributed by atoms with Crippen molar-refractivity contribution >= 4 is 7.60 Å². The van der Waals surface area contributed by atoms with Crippen molar-refractivity contribution in [3.63, 3.8) is 0 Å². The maximum absolute atomic E-state index is 10.9. The monoisotopic (exact) mass is 174 g/mol. The van der Waals surface area contributed by atoms with E-state index in [0.717, 1.165) is 24.8 Å². The SMILES string of the molecule is O=P(O)(O)C1=C2CCC(C2)C1. The van der Waals surface area contributed by atoms with E-state index in [2.05, 4.69) is 0 Å². The summed E-state index contributed by atoms with van der Waals surface area (Å²) in [4.78, 5) is 17.8. The molecule has 0 aliphatic heterocycles. The zero-order valence-corrected chi connectivity index (χ0v) is 7.05. The highest BCUT2D eigenvalue weighted by Gasteiger charge is 2.37. The molecule has 4 heteroatoms. The molecule has 0 aromatic rings. The molecule has 0 radical (unpaired) electrons. The van der Waals surface area contributed by atoms with Gasteiger partial charge in [0.05, 0.1) is 0 Å². The van der Waals surface area contributed by atoms with Crippen LogP contribution >= 0.6 is 7.60 Å². The van der Waals surface area contributed by atoms with Crippen LogP contribution in [0.15, 0.2) is 10.9 Å². The van der Waals surface area contributed by atoms with E-state index in [1.165, 1.54) is 0 Å². The summed E-state index contributed by atoms with van der Waals surface area (Å²) in [6.45, 7) is 0. The number of hydrogen-bond donors (Lipinski definition) is 2. The summed E-state index contributed by atoms with van der Waals surface area (Å²) in [5.74, 6) is 0.549. The van der Waals surface area contributed by atoms with Crippen molar-refractivity contribution in [3.8, 4) is 0 Å². The molecule has 0 heterocycles. The molecule has 2 rings (SSSR count). The molecule has 1 unspecified atom stereocenters. The Morgan fingerprint density at radius 1 is 1.36 bits per heavy atom. The molecule has 1 saturated carbocycles. The molecule has 2 bridgehead atoms. The molecule has 0 amide bonds. The minimum absolute atomic E-state index is 0.453. The average molecular weight is 174 g/mol. The van der Waals surface area contributed by atoms with Gasteiger partial charge < -0.3 is 9.79 Å². The Bertz CT molecular complexity index is 263. The van der Waals surface area contributed by atoms with Crippen LogP contribution in [0.5, 0.6) is 0 Å². The van der Waals surface area contributed by atoms with Crippen LogP contribution in [-0.2, 0) is 4.57 Å². The first kappa shape index (κ1) is 7.53. The fourth-order valence-electron chi connectivity index (χ4n) is 2.11. The van der Waals surface area contributed by atoms with E-state index in [4.69, 9.17) is 9.79 Å². The minimum atomic E-state index is -3.88. The van der Waals surface area contributed by atoms with Crippen LogP contribution in [0.25, 0.3) is 0 Å². The van der Waals surface area contributed by atoms with Crippen LogP contribution in [0.4, 0.5) is 0 Å². The largest absolute Gasteiger partial charge is 0.352 e. The van der Waals surface area contributed by atoms with Gasteiger partial charge in [-0.1, -0.05) is 5.57 Å². The molecule has 2 aliphatic carbocycles. The summed E-state index contributed by atoms with van der Waals surface area (Å²) in [5.41, 5.74) is 1.04. The Morgan fingerprint density at radius 2 is 2.09 bits per heavy atom. The van der Waals surface area contributed by atoms with Crippen LogP contribution in [0.3, 0.4) is 0 Å². The lowest BCUT2D eigenvalue weighted by Gasteiger charge is -2.12. The van der Waals surface area contributed by atoms with Gasteiger partial charge in [-0.05, 0) is 31.6 Å². The molecule has 0 spiro atoms. The lowest BCUT2D eigenvalue weighted by molar-refractivity contribution is 0.377. The van der Waals surface area contributed by atoms with Crippen LogP contribution in [-0.4, -0.2) is 9.79 Å². The minimum Gasteiger partial charge on any atom is -0.321 e. The smallest absolute Gasteiger partial charge is 0.321 e. The molecular weight excluding hydrogens is 163 g/mol. The lowest BCUT2D eigenvalue weighted by Crippen LogP contribution is -1.94. The van der Waals surface area contributed by atoms with Crippen LogP contribution < -0.4 is 0 Å². The summed E-state index contributed by atoms with van der Waals surface area (Å²) < 4.78 is 10.9. The zero-order valence-electron chi connectivity index (χ0n) is 6.16. The van der Waals surface area contributed by atoms with Gasteiger partial charge in [0.2, 0.25) is 0 Å². The number of allylic oxidation sites excluding steroid dienone is 2. The maximum Gasteiger partial charge on any atom is 0.352 e. The molecule has 2 aliphatic rings. The van der Waals surface area contributed by atoms with E-state index in [0.29, 0.717) is 17.7 Å². The molecule has 3 nitrogen and oxygen atoms in total. The maximum atomic E-state index is 10.9. The first-order valence-electron chi connectivity index (χ1n) is 3.84. The molecule has 0 aromatic carbocycles. The van der Waals surface area contributed by atoms with Crippen LogP contribution in [0.1, 0.15) is 25.7 Å². The number of fused-ring (bicyclic) bond motifs is 2. The molecule has 0 saturated heterocycles. The van der Waals surface area contributed by atoms with Gasteiger partial charge >= 0.3 is 7.60 Å². The van der Waals surface area contributed by atoms with E-state index >= 15 is 0 Å². The Balaban J connectivity index is 2.36. The van der Waals surface area contributed by atoms with Crippen molar-refractivity contribution in [1.29, 1.82) is 0 Å². The number of hydrogen-bond acceptors (Lipinski definition) is 1. The van der Waals surface area contributed by atoms with Gasteiger partial charge in [-0.15, -0.1) is 0 Å². The molecule has 11 heavy (non-hydrogen) atoms. The van der Waals surface area contributed by atoms with Gasteiger partial charge in [0.25, 0.3) is 0 Å². The molecule has 1 atom stereocenters. The highest BCUT2D eigenvalue weighted by molar-refractivity contribution is 7.56. The average Bonchev–Trinajstić information content (AvgIpc) is 2.42. The first-order valence-corrected chi connectivity index (χ1v) is 5.45. The normalized spacial score (nSPS) is 30.2. The summed E-state index contributed by atoms with van der Waals surface area (Å²) in [5, 5.41) is 0.453. The van der Waals surface area contributed by atoms with Crippen molar-refractivity contribution in [2.24, 2.45) is 5.92 Å². The Labute approximate surface area is 65.3 Å². The Morgan fingerprint density at radius 3 is 2.36 bits per heavy atom. The molecule has 0 aromatic heterocycles. The van der Waals surface area contributed by atoms with Crippen molar-refractivity contribution in [1.82, 2.24) is 0 Å². The van der Waals surface area contributed by atoms with Gasteiger partial charge in [-0.25, -0.2) is 0 Å². The van der Waals surface area contributed by atoms with Crippen LogP contribution in [0.2, 0.25) is 0 Å². The summed E-state index contributed by atoms with van der Waals surface area (Å²) in [6, 6.07) is 0. The topological polar surface area (TPSA) is 57.5 Å². The van der Waals surface area contributed by atoms with Crippen LogP contribution in [0, 0.1) is 5.92 Å². The Hall–Kier alpha value is -0.110. The fraction of sp³-hybridized carbons (Fsp3) is 0.714. The molecule has 62 valence electrons. The summed E-state index contributed by atoms with van der Waals surface area (Å²) >= 11 is 0. The number of rotatable bonds is 1. The van der Waals surface area contributed by atoms with Gasteiger partial charge in [0.15, 0.2) is 0 Å².